The molecular formula is C54H35NS. The van der Waals surface area contributed by atoms with Gasteiger partial charge in [0.1, 0.15) is 0 Å². The Kier molecular flexibility index (Phi) is 7.75. The van der Waals surface area contributed by atoms with E-state index in [1.54, 1.807) is 0 Å². The molecule has 0 saturated carbocycles. The van der Waals surface area contributed by atoms with Crippen molar-refractivity contribution in [2.75, 3.05) is 0 Å². The Morgan fingerprint density at radius 3 is 1.36 bits per heavy atom. The van der Waals surface area contributed by atoms with Crippen LogP contribution in [0.3, 0.4) is 0 Å². The molecule has 0 radical (unpaired) electrons. The quantitative estimate of drug-likeness (QED) is 0.161. The van der Waals surface area contributed by atoms with Gasteiger partial charge in [0.2, 0.25) is 0 Å². The first kappa shape index (κ1) is 32.4. The summed E-state index contributed by atoms with van der Waals surface area (Å²) < 4.78 is 5.08. The largest absolute Gasteiger partial charge is 0.309 e. The fourth-order valence-corrected chi connectivity index (χ4v) is 9.47. The Labute approximate surface area is 330 Å². The summed E-state index contributed by atoms with van der Waals surface area (Å²) in [6, 6.07) is 77.7. The van der Waals surface area contributed by atoms with Gasteiger partial charge in [-0.3, -0.25) is 0 Å². The van der Waals surface area contributed by atoms with Gasteiger partial charge in [-0.05, 0) is 122 Å². The molecule has 2 heteroatoms. The van der Waals surface area contributed by atoms with Crippen LogP contribution in [-0.2, 0) is 0 Å². The van der Waals surface area contributed by atoms with Crippen molar-refractivity contribution in [1.82, 2.24) is 4.57 Å². The van der Waals surface area contributed by atoms with Crippen LogP contribution in [0.1, 0.15) is 0 Å². The van der Waals surface area contributed by atoms with E-state index in [9.17, 15) is 0 Å². The molecule has 0 aliphatic heterocycles. The summed E-state index contributed by atoms with van der Waals surface area (Å²) in [4.78, 5) is 0. The molecule has 11 aromatic rings. The van der Waals surface area contributed by atoms with Crippen LogP contribution in [0.4, 0.5) is 0 Å². The first-order chi connectivity index (χ1) is 27.7. The van der Waals surface area contributed by atoms with Crippen molar-refractivity contribution in [3.63, 3.8) is 0 Å². The zero-order valence-corrected chi connectivity index (χ0v) is 31.4. The lowest BCUT2D eigenvalue weighted by molar-refractivity contribution is 1.18. The summed E-state index contributed by atoms with van der Waals surface area (Å²) >= 11 is 1.86. The van der Waals surface area contributed by atoms with E-state index in [1.807, 2.05) is 11.3 Å². The van der Waals surface area contributed by atoms with Crippen LogP contribution in [0.15, 0.2) is 212 Å². The number of fused-ring (bicyclic) bond motifs is 6. The summed E-state index contributed by atoms with van der Waals surface area (Å²) in [5.41, 5.74) is 15.7. The number of para-hydroxylation sites is 1. The summed E-state index contributed by atoms with van der Waals surface area (Å²) in [7, 11) is 0. The zero-order chi connectivity index (χ0) is 37.0. The van der Waals surface area contributed by atoms with E-state index in [-0.39, 0.29) is 0 Å². The molecular weight excluding hydrogens is 695 g/mol. The molecule has 0 amide bonds. The number of benzene rings is 9. The lowest BCUT2D eigenvalue weighted by Crippen LogP contribution is -1.93. The first-order valence-corrected chi connectivity index (χ1v) is 20.0. The Morgan fingerprint density at radius 1 is 0.250 bits per heavy atom. The smallest absolute Gasteiger partial charge is 0.0541 e. The molecule has 9 aromatic carbocycles. The van der Waals surface area contributed by atoms with Gasteiger partial charge in [-0.15, -0.1) is 11.3 Å². The average molecular weight is 730 g/mol. The lowest BCUT2D eigenvalue weighted by Gasteiger charge is -2.12. The summed E-state index contributed by atoms with van der Waals surface area (Å²) in [5.74, 6) is 0. The molecule has 2 heterocycles. The van der Waals surface area contributed by atoms with Gasteiger partial charge in [0, 0.05) is 36.6 Å². The third kappa shape index (κ3) is 5.62. The predicted octanol–water partition coefficient (Wildman–Crippen LogP) is 15.5. The van der Waals surface area contributed by atoms with Crippen LogP contribution in [0.25, 0.3) is 103 Å². The highest BCUT2D eigenvalue weighted by Gasteiger charge is 2.15. The van der Waals surface area contributed by atoms with Gasteiger partial charge >= 0.3 is 0 Å². The molecule has 11 rings (SSSR count). The Balaban J connectivity index is 0.946. The Morgan fingerprint density at radius 2 is 0.679 bits per heavy atom. The molecule has 0 atom stereocenters. The summed E-state index contributed by atoms with van der Waals surface area (Å²) in [6.07, 6.45) is 0. The second kappa shape index (κ2) is 13.4. The topological polar surface area (TPSA) is 4.93 Å². The van der Waals surface area contributed by atoms with Gasteiger partial charge in [0.25, 0.3) is 0 Å². The van der Waals surface area contributed by atoms with Crippen LogP contribution < -0.4 is 0 Å². The summed E-state index contributed by atoms with van der Waals surface area (Å²) in [6.45, 7) is 0. The van der Waals surface area contributed by atoms with Crippen molar-refractivity contribution in [3.05, 3.63) is 212 Å². The molecule has 1 nitrogen and oxygen atoms in total. The molecule has 0 aliphatic carbocycles. The lowest BCUT2D eigenvalue weighted by atomic mass is 9.93. The van der Waals surface area contributed by atoms with Gasteiger partial charge in [0.05, 0.1) is 11.0 Å². The standard InChI is InChI=1S/C54H35NS/c1-3-11-36(12-4-1)43-31-44(37-13-5-2-6-14-37)33-45(32-43)42-25-29-52-49(34-42)47-15-7-9-17-51(47)55(52)46-27-23-39(24-28-46)38-19-21-40(22-20-38)41-26-30-54-50(35-41)48-16-8-10-18-53(48)56-54/h1-35H. The van der Waals surface area contributed by atoms with Crippen LogP contribution in [0.5, 0.6) is 0 Å². The molecule has 0 aliphatic rings. The maximum absolute atomic E-state index is 2.40. The van der Waals surface area contributed by atoms with E-state index >= 15 is 0 Å². The number of thiophene rings is 1. The minimum Gasteiger partial charge on any atom is -0.309 e. The SMILES string of the molecule is c1ccc(-c2cc(-c3ccccc3)cc(-c3ccc4c(c3)c3ccccc3n4-c3ccc(-c4ccc(-c5ccc6sc7ccccc7c6c5)cc4)cc3)c2)cc1. The number of rotatable bonds is 6. The van der Waals surface area contributed by atoms with Crippen molar-refractivity contribution in [2.24, 2.45) is 0 Å². The summed E-state index contributed by atoms with van der Waals surface area (Å²) in [5, 5.41) is 5.16. The molecule has 0 bridgehead atoms. The third-order valence-electron chi connectivity index (χ3n) is 11.2. The number of aromatic nitrogens is 1. The fourth-order valence-electron chi connectivity index (χ4n) is 8.38. The van der Waals surface area contributed by atoms with Gasteiger partial charge < -0.3 is 4.57 Å². The molecule has 2 aromatic heterocycles. The van der Waals surface area contributed by atoms with E-state index in [2.05, 4.69) is 217 Å². The van der Waals surface area contributed by atoms with E-state index in [0.29, 0.717) is 0 Å². The number of nitrogens with zero attached hydrogens (tertiary/aromatic N) is 1. The second-order valence-corrected chi connectivity index (χ2v) is 15.6. The minimum absolute atomic E-state index is 1.15. The molecule has 0 unspecified atom stereocenters. The van der Waals surface area contributed by atoms with Crippen molar-refractivity contribution in [1.29, 1.82) is 0 Å². The first-order valence-electron chi connectivity index (χ1n) is 19.2. The van der Waals surface area contributed by atoms with Gasteiger partial charge in [-0.1, -0.05) is 146 Å². The molecule has 0 spiro atoms. The fraction of sp³-hybridized carbons (Fsp3) is 0. The van der Waals surface area contributed by atoms with Crippen molar-refractivity contribution in [3.8, 4) is 61.3 Å². The Bertz CT molecular complexity index is 3150. The van der Waals surface area contributed by atoms with E-state index in [4.69, 9.17) is 0 Å². The zero-order valence-electron chi connectivity index (χ0n) is 30.6. The predicted molar refractivity (Wildman–Crippen MR) is 241 cm³/mol. The number of hydrogen-bond donors (Lipinski definition) is 0. The minimum atomic E-state index is 1.15. The third-order valence-corrected chi connectivity index (χ3v) is 12.4. The highest BCUT2D eigenvalue weighted by Crippen LogP contribution is 2.39. The normalized spacial score (nSPS) is 11.6. The van der Waals surface area contributed by atoms with E-state index in [1.165, 1.54) is 97.6 Å². The maximum Gasteiger partial charge on any atom is 0.0541 e. The molecule has 0 fully saturated rings. The van der Waals surface area contributed by atoms with Gasteiger partial charge in [0.15, 0.2) is 0 Å². The molecule has 0 N–H and O–H groups in total. The van der Waals surface area contributed by atoms with Crippen LogP contribution in [0, 0.1) is 0 Å². The highest BCUT2D eigenvalue weighted by atomic mass is 32.1. The highest BCUT2D eigenvalue weighted by molar-refractivity contribution is 7.25. The molecule has 56 heavy (non-hydrogen) atoms. The molecule has 0 saturated heterocycles. The van der Waals surface area contributed by atoms with Gasteiger partial charge in [-0.2, -0.15) is 0 Å². The Hall–Kier alpha value is -7.00. The van der Waals surface area contributed by atoms with E-state index < -0.39 is 0 Å². The number of hydrogen-bond acceptors (Lipinski definition) is 1. The van der Waals surface area contributed by atoms with Crippen LogP contribution >= 0.6 is 11.3 Å². The van der Waals surface area contributed by atoms with Gasteiger partial charge in [-0.25, -0.2) is 0 Å². The maximum atomic E-state index is 2.40. The van der Waals surface area contributed by atoms with Crippen molar-refractivity contribution in [2.45, 2.75) is 0 Å². The van der Waals surface area contributed by atoms with E-state index in [0.717, 1.165) is 5.69 Å². The van der Waals surface area contributed by atoms with Crippen molar-refractivity contribution < 1.29 is 0 Å². The van der Waals surface area contributed by atoms with Crippen molar-refractivity contribution >= 4 is 53.3 Å². The molecule has 262 valence electrons. The monoisotopic (exact) mass is 729 g/mol. The van der Waals surface area contributed by atoms with Crippen LogP contribution in [0.2, 0.25) is 0 Å². The van der Waals surface area contributed by atoms with Crippen LogP contribution in [-0.4, -0.2) is 4.57 Å². The average Bonchev–Trinajstić information content (AvgIpc) is 3.82. The second-order valence-electron chi connectivity index (χ2n) is 14.5.